The van der Waals surface area contributed by atoms with E-state index in [1.165, 1.54) is 0 Å². The van der Waals surface area contributed by atoms with Crippen LogP contribution in [-0.4, -0.2) is 29.9 Å². The average Bonchev–Trinajstić information content (AvgIpc) is 2.47. The molecule has 0 saturated carbocycles. The molecule has 1 rings (SSSR count). The van der Waals surface area contributed by atoms with E-state index in [0.717, 1.165) is 25.1 Å². The molecule has 1 unspecified atom stereocenters. The van der Waals surface area contributed by atoms with Crippen LogP contribution in [0.25, 0.3) is 0 Å². The number of hydrogen-bond acceptors (Lipinski definition) is 3. The highest BCUT2D eigenvalue weighted by atomic mass is 16.2. The van der Waals surface area contributed by atoms with Gasteiger partial charge in [-0.05, 0) is 37.6 Å². The molecular formula is C17H25N3O. The number of nitrogens with one attached hydrogen (secondary N) is 1. The van der Waals surface area contributed by atoms with E-state index in [2.05, 4.69) is 18.3 Å². The van der Waals surface area contributed by atoms with Crippen molar-refractivity contribution >= 4 is 5.91 Å². The summed E-state index contributed by atoms with van der Waals surface area (Å²) in [5.74, 6) is 0.176. The number of nitriles is 1. The second kappa shape index (κ2) is 9.15. The smallest absolute Gasteiger partial charge is 0.224 e. The molecule has 1 amide bonds. The third kappa shape index (κ3) is 5.97. The molecule has 1 aromatic carbocycles. The summed E-state index contributed by atoms with van der Waals surface area (Å²) in [5.41, 5.74) is 1.71. The minimum absolute atomic E-state index is 0.176. The number of hydrogen-bond donors (Lipinski definition) is 1. The molecular weight excluding hydrogens is 262 g/mol. The van der Waals surface area contributed by atoms with Gasteiger partial charge in [-0.1, -0.05) is 26.0 Å². The van der Waals surface area contributed by atoms with Gasteiger partial charge >= 0.3 is 0 Å². The maximum Gasteiger partial charge on any atom is 0.224 e. The zero-order valence-electron chi connectivity index (χ0n) is 13.2. The van der Waals surface area contributed by atoms with E-state index in [1.807, 2.05) is 30.9 Å². The van der Waals surface area contributed by atoms with E-state index in [4.69, 9.17) is 5.26 Å². The van der Waals surface area contributed by atoms with Crippen LogP contribution >= 0.6 is 0 Å². The lowest BCUT2D eigenvalue weighted by Crippen LogP contribution is -2.37. The van der Waals surface area contributed by atoms with Crippen LogP contribution in [0.2, 0.25) is 0 Å². The maximum absolute atomic E-state index is 12.4. The Balaban J connectivity index is 2.67. The Morgan fingerprint density at radius 2 is 2.00 bits per heavy atom. The predicted molar refractivity (Wildman–Crippen MR) is 84.6 cm³/mol. The van der Waals surface area contributed by atoms with Crippen LogP contribution < -0.4 is 5.32 Å². The molecule has 0 aliphatic rings. The molecule has 0 aliphatic heterocycles. The summed E-state index contributed by atoms with van der Waals surface area (Å²) in [6.07, 6.45) is 1.46. The van der Waals surface area contributed by atoms with Crippen LogP contribution in [0.1, 0.15) is 44.7 Å². The van der Waals surface area contributed by atoms with Gasteiger partial charge in [0.15, 0.2) is 0 Å². The minimum atomic E-state index is 0.176. The molecule has 1 atom stereocenters. The van der Waals surface area contributed by atoms with Crippen LogP contribution in [0, 0.1) is 11.3 Å². The Morgan fingerprint density at radius 1 is 1.33 bits per heavy atom. The van der Waals surface area contributed by atoms with E-state index in [9.17, 15) is 4.79 Å². The fraction of sp³-hybridized carbons (Fsp3) is 0.529. The van der Waals surface area contributed by atoms with Crippen molar-refractivity contribution in [2.45, 2.75) is 46.2 Å². The van der Waals surface area contributed by atoms with E-state index in [1.54, 1.807) is 12.1 Å². The van der Waals surface area contributed by atoms with E-state index in [0.29, 0.717) is 18.5 Å². The van der Waals surface area contributed by atoms with Crippen LogP contribution in [0.5, 0.6) is 0 Å². The highest BCUT2D eigenvalue weighted by Gasteiger charge is 2.16. The first kappa shape index (κ1) is 17.2. The molecule has 0 aliphatic carbocycles. The zero-order valence-corrected chi connectivity index (χ0v) is 13.2. The maximum atomic E-state index is 12.4. The lowest BCUT2D eigenvalue weighted by molar-refractivity contribution is -0.132. The molecule has 0 saturated heterocycles. The normalized spacial score (nSPS) is 11.7. The van der Waals surface area contributed by atoms with Crippen LogP contribution in [0.3, 0.4) is 0 Å². The number of nitrogens with zero attached hydrogens (tertiary/aromatic N) is 2. The van der Waals surface area contributed by atoms with Gasteiger partial charge in [0.05, 0.1) is 11.6 Å². The van der Waals surface area contributed by atoms with Gasteiger partial charge < -0.3 is 10.2 Å². The molecule has 0 fully saturated rings. The van der Waals surface area contributed by atoms with Crippen molar-refractivity contribution in [1.29, 1.82) is 5.26 Å². The number of carbonyl (C=O) groups is 1. The number of benzene rings is 1. The second-order valence-electron chi connectivity index (χ2n) is 5.29. The van der Waals surface area contributed by atoms with Crippen LogP contribution in [0.15, 0.2) is 24.3 Å². The van der Waals surface area contributed by atoms with E-state index in [-0.39, 0.29) is 11.9 Å². The molecule has 0 radical (unpaired) electrons. The minimum Gasteiger partial charge on any atom is -0.338 e. The largest absolute Gasteiger partial charge is 0.338 e. The monoisotopic (exact) mass is 287 g/mol. The molecule has 21 heavy (non-hydrogen) atoms. The first-order valence-electron chi connectivity index (χ1n) is 7.60. The second-order valence-corrected chi connectivity index (χ2v) is 5.29. The number of carbonyl (C=O) groups excluding carboxylic acids is 1. The Hall–Kier alpha value is -1.86. The van der Waals surface area contributed by atoms with Gasteiger partial charge in [0.2, 0.25) is 5.91 Å². The van der Waals surface area contributed by atoms with Crippen LogP contribution in [0.4, 0.5) is 0 Å². The highest BCUT2D eigenvalue weighted by molar-refractivity contribution is 5.76. The summed E-state index contributed by atoms with van der Waals surface area (Å²) < 4.78 is 0. The van der Waals surface area contributed by atoms with E-state index >= 15 is 0 Å². The molecule has 114 valence electrons. The zero-order chi connectivity index (χ0) is 15.7. The topological polar surface area (TPSA) is 56.1 Å². The van der Waals surface area contributed by atoms with Crippen molar-refractivity contribution in [1.82, 2.24) is 10.2 Å². The molecule has 1 N–H and O–H groups in total. The summed E-state index contributed by atoms with van der Waals surface area (Å²) in [6, 6.07) is 9.74. The number of rotatable bonds is 8. The third-order valence-electron chi connectivity index (χ3n) is 3.34. The lowest BCUT2D eigenvalue weighted by Gasteiger charge is -2.24. The standard InChI is InChI=1S/C17H25N3O/c1-4-10-20(17(21)11-14(3)19-5-2)13-16-8-6-15(12-18)7-9-16/h6-9,14,19H,4-5,10-11,13H2,1-3H3. The van der Waals surface area contributed by atoms with Crippen molar-refractivity contribution in [3.05, 3.63) is 35.4 Å². The molecule has 4 nitrogen and oxygen atoms in total. The third-order valence-corrected chi connectivity index (χ3v) is 3.34. The van der Waals surface area contributed by atoms with Gasteiger partial charge in [-0.15, -0.1) is 0 Å². The Morgan fingerprint density at radius 3 is 2.52 bits per heavy atom. The van der Waals surface area contributed by atoms with Crippen LogP contribution in [-0.2, 0) is 11.3 Å². The molecule has 0 heterocycles. The summed E-state index contributed by atoms with van der Waals surface area (Å²) in [4.78, 5) is 14.3. The van der Waals surface area contributed by atoms with Gasteiger partial charge in [-0.3, -0.25) is 4.79 Å². The highest BCUT2D eigenvalue weighted by Crippen LogP contribution is 2.10. The average molecular weight is 287 g/mol. The molecule has 0 spiro atoms. The number of amides is 1. The van der Waals surface area contributed by atoms with Crippen molar-refractivity contribution < 1.29 is 4.79 Å². The predicted octanol–water partition coefficient (Wildman–Crippen LogP) is 2.68. The van der Waals surface area contributed by atoms with Crippen molar-refractivity contribution in [2.24, 2.45) is 0 Å². The Labute approximate surface area is 127 Å². The quantitative estimate of drug-likeness (QED) is 0.799. The van der Waals surface area contributed by atoms with Gasteiger partial charge in [0.25, 0.3) is 0 Å². The van der Waals surface area contributed by atoms with Crippen molar-refractivity contribution in [3.63, 3.8) is 0 Å². The van der Waals surface area contributed by atoms with Crippen molar-refractivity contribution in [3.8, 4) is 6.07 Å². The SMILES string of the molecule is CCCN(Cc1ccc(C#N)cc1)C(=O)CC(C)NCC. The first-order valence-corrected chi connectivity index (χ1v) is 7.60. The van der Waals surface area contributed by atoms with Gasteiger partial charge in [0.1, 0.15) is 0 Å². The van der Waals surface area contributed by atoms with Gasteiger partial charge in [-0.2, -0.15) is 5.26 Å². The molecule has 0 aromatic heterocycles. The molecule has 1 aromatic rings. The first-order chi connectivity index (χ1) is 10.1. The molecule has 0 bridgehead atoms. The molecule has 4 heteroatoms. The Kier molecular flexibility index (Phi) is 7.49. The lowest BCUT2D eigenvalue weighted by atomic mass is 10.1. The summed E-state index contributed by atoms with van der Waals surface area (Å²) in [7, 11) is 0. The fourth-order valence-corrected chi connectivity index (χ4v) is 2.28. The van der Waals surface area contributed by atoms with Crippen molar-refractivity contribution in [2.75, 3.05) is 13.1 Å². The Bertz CT molecular complexity index is 476. The summed E-state index contributed by atoms with van der Waals surface area (Å²) >= 11 is 0. The van der Waals surface area contributed by atoms with E-state index < -0.39 is 0 Å². The summed E-state index contributed by atoms with van der Waals surface area (Å²) in [5, 5.41) is 12.1. The summed E-state index contributed by atoms with van der Waals surface area (Å²) in [6.45, 7) is 8.40. The van der Waals surface area contributed by atoms with Gasteiger partial charge in [-0.25, -0.2) is 0 Å². The fourth-order valence-electron chi connectivity index (χ4n) is 2.28. The van der Waals surface area contributed by atoms with Gasteiger partial charge in [0, 0.05) is 25.6 Å².